The third kappa shape index (κ3) is 2.42. The molecule has 2 rings (SSSR count). The number of methoxy groups -OCH3 is 2. The van der Waals surface area contributed by atoms with Gasteiger partial charge in [-0.05, 0) is 37.1 Å². The molecular formula is C13H16N4O2. The van der Waals surface area contributed by atoms with E-state index in [1.807, 2.05) is 26.0 Å². The maximum Gasteiger partial charge on any atom is 0.322 e. The van der Waals surface area contributed by atoms with Crippen LogP contribution in [0.4, 0.5) is 5.69 Å². The maximum absolute atomic E-state index is 5.88. The second-order valence-corrected chi connectivity index (χ2v) is 4.08. The highest BCUT2D eigenvalue weighted by atomic mass is 16.5. The first-order valence-corrected chi connectivity index (χ1v) is 5.77. The molecule has 0 saturated carbocycles. The van der Waals surface area contributed by atoms with E-state index in [-0.39, 0.29) is 12.0 Å². The van der Waals surface area contributed by atoms with Crippen molar-refractivity contribution in [2.75, 3.05) is 20.0 Å². The number of nitrogens with two attached hydrogens (primary N) is 1. The molecule has 1 heterocycles. The minimum atomic E-state index is 0.218. The minimum absolute atomic E-state index is 0.218. The van der Waals surface area contributed by atoms with Gasteiger partial charge in [0.25, 0.3) is 0 Å². The van der Waals surface area contributed by atoms with Crippen molar-refractivity contribution >= 4 is 5.69 Å². The van der Waals surface area contributed by atoms with Crippen LogP contribution in [-0.2, 0) is 0 Å². The van der Waals surface area contributed by atoms with Crippen molar-refractivity contribution in [1.82, 2.24) is 15.0 Å². The molecule has 1 aromatic carbocycles. The van der Waals surface area contributed by atoms with E-state index in [1.54, 1.807) is 0 Å². The number of aromatic nitrogens is 3. The van der Waals surface area contributed by atoms with Gasteiger partial charge in [-0.3, -0.25) is 0 Å². The number of nitrogen functional groups attached to an aromatic ring is 1. The van der Waals surface area contributed by atoms with Crippen molar-refractivity contribution in [2.24, 2.45) is 0 Å². The van der Waals surface area contributed by atoms with Gasteiger partial charge in [0.05, 0.1) is 14.2 Å². The van der Waals surface area contributed by atoms with Gasteiger partial charge in [-0.25, -0.2) is 0 Å². The number of ether oxygens (including phenoxy) is 2. The second kappa shape index (κ2) is 5.09. The molecule has 0 unspecified atom stereocenters. The predicted molar refractivity (Wildman–Crippen MR) is 72.3 cm³/mol. The van der Waals surface area contributed by atoms with Crippen molar-refractivity contribution in [3.8, 4) is 23.4 Å². The zero-order valence-corrected chi connectivity index (χ0v) is 11.4. The van der Waals surface area contributed by atoms with Crippen LogP contribution in [0.3, 0.4) is 0 Å². The molecule has 6 heteroatoms. The van der Waals surface area contributed by atoms with Crippen LogP contribution in [0.25, 0.3) is 11.4 Å². The largest absolute Gasteiger partial charge is 0.467 e. The average molecular weight is 260 g/mol. The molecule has 2 aromatic rings. The molecule has 19 heavy (non-hydrogen) atoms. The number of benzene rings is 1. The number of hydrogen-bond acceptors (Lipinski definition) is 6. The number of nitrogens with zero attached hydrogens (tertiary/aromatic N) is 3. The summed E-state index contributed by atoms with van der Waals surface area (Å²) < 4.78 is 10.1. The normalized spacial score (nSPS) is 10.3. The van der Waals surface area contributed by atoms with Crippen LogP contribution >= 0.6 is 0 Å². The Morgan fingerprint density at radius 1 is 0.895 bits per heavy atom. The molecular weight excluding hydrogens is 244 g/mol. The summed E-state index contributed by atoms with van der Waals surface area (Å²) in [6.45, 7) is 3.94. The first kappa shape index (κ1) is 13.1. The van der Waals surface area contributed by atoms with Gasteiger partial charge in [-0.2, -0.15) is 9.97 Å². The summed E-state index contributed by atoms with van der Waals surface area (Å²) in [5, 5.41) is 0. The summed E-state index contributed by atoms with van der Waals surface area (Å²) in [7, 11) is 3.00. The molecule has 0 saturated heterocycles. The van der Waals surface area contributed by atoms with E-state index in [9.17, 15) is 0 Å². The van der Waals surface area contributed by atoms with Crippen LogP contribution in [0.15, 0.2) is 12.1 Å². The van der Waals surface area contributed by atoms with E-state index in [4.69, 9.17) is 15.2 Å². The minimum Gasteiger partial charge on any atom is -0.467 e. The van der Waals surface area contributed by atoms with E-state index in [0.717, 1.165) is 22.4 Å². The number of hydrogen-bond donors (Lipinski definition) is 1. The summed E-state index contributed by atoms with van der Waals surface area (Å²) >= 11 is 0. The van der Waals surface area contributed by atoms with Gasteiger partial charge in [0, 0.05) is 11.3 Å². The van der Waals surface area contributed by atoms with Crippen molar-refractivity contribution in [2.45, 2.75) is 13.8 Å². The summed E-state index contributed by atoms with van der Waals surface area (Å²) in [5.74, 6) is 0.504. The molecule has 0 fully saturated rings. The van der Waals surface area contributed by atoms with Crippen molar-refractivity contribution in [3.05, 3.63) is 23.3 Å². The van der Waals surface area contributed by atoms with Gasteiger partial charge in [0.2, 0.25) is 0 Å². The summed E-state index contributed by atoms with van der Waals surface area (Å²) in [5.41, 5.74) is 9.54. The zero-order valence-electron chi connectivity index (χ0n) is 11.4. The zero-order chi connectivity index (χ0) is 14.0. The van der Waals surface area contributed by atoms with Gasteiger partial charge in [-0.15, -0.1) is 4.98 Å². The predicted octanol–water partition coefficient (Wildman–Crippen LogP) is 1.75. The lowest BCUT2D eigenvalue weighted by molar-refractivity contribution is 0.341. The maximum atomic E-state index is 5.88. The van der Waals surface area contributed by atoms with Crippen LogP contribution in [0.1, 0.15) is 11.1 Å². The fourth-order valence-corrected chi connectivity index (χ4v) is 1.72. The van der Waals surface area contributed by atoms with Crippen LogP contribution in [0, 0.1) is 13.8 Å². The van der Waals surface area contributed by atoms with Gasteiger partial charge >= 0.3 is 12.0 Å². The Morgan fingerprint density at radius 3 is 2.00 bits per heavy atom. The topological polar surface area (TPSA) is 83.2 Å². The molecule has 0 radical (unpaired) electrons. The third-order valence-electron chi connectivity index (χ3n) is 3.03. The van der Waals surface area contributed by atoms with Gasteiger partial charge < -0.3 is 15.2 Å². The molecule has 0 atom stereocenters. The van der Waals surface area contributed by atoms with E-state index in [2.05, 4.69) is 15.0 Å². The van der Waals surface area contributed by atoms with Crippen LogP contribution in [0.5, 0.6) is 12.0 Å². The molecule has 2 N–H and O–H groups in total. The van der Waals surface area contributed by atoms with Gasteiger partial charge in [-0.1, -0.05) is 0 Å². The second-order valence-electron chi connectivity index (χ2n) is 4.08. The Hall–Kier alpha value is -2.37. The highest BCUT2D eigenvalue weighted by molar-refractivity contribution is 5.67. The Balaban J connectivity index is 2.61. The average Bonchev–Trinajstić information content (AvgIpc) is 2.44. The fraction of sp³-hybridized carbons (Fsp3) is 0.308. The summed E-state index contributed by atoms with van der Waals surface area (Å²) in [6, 6.07) is 4.15. The SMILES string of the molecule is COc1nc(OC)nc(-c2ccc(N)c(C)c2C)n1. The van der Waals surface area contributed by atoms with Crippen molar-refractivity contribution in [3.63, 3.8) is 0 Å². The first-order chi connectivity index (χ1) is 9.06. The molecule has 0 aliphatic rings. The standard InChI is InChI=1S/C13H16N4O2/c1-7-8(2)10(14)6-5-9(7)11-15-12(18-3)17-13(16-11)19-4/h5-6H,14H2,1-4H3. The molecule has 0 aliphatic heterocycles. The monoisotopic (exact) mass is 260 g/mol. The molecule has 6 nitrogen and oxygen atoms in total. The van der Waals surface area contributed by atoms with E-state index in [1.165, 1.54) is 14.2 Å². The molecule has 0 bridgehead atoms. The third-order valence-corrected chi connectivity index (χ3v) is 3.03. The highest BCUT2D eigenvalue weighted by Gasteiger charge is 2.13. The van der Waals surface area contributed by atoms with Crippen LogP contribution < -0.4 is 15.2 Å². The smallest absolute Gasteiger partial charge is 0.322 e. The molecule has 0 aliphatic carbocycles. The van der Waals surface area contributed by atoms with E-state index >= 15 is 0 Å². The summed E-state index contributed by atoms with van der Waals surface area (Å²) in [6.07, 6.45) is 0. The Labute approximate surface area is 111 Å². The van der Waals surface area contributed by atoms with E-state index in [0.29, 0.717) is 5.82 Å². The van der Waals surface area contributed by atoms with Crippen LogP contribution in [0.2, 0.25) is 0 Å². The first-order valence-electron chi connectivity index (χ1n) is 5.77. The van der Waals surface area contributed by atoms with Gasteiger partial charge in [0.1, 0.15) is 0 Å². The molecule has 0 spiro atoms. The lowest BCUT2D eigenvalue weighted by Crippen LogP contribution is -2.03. The lowest BCUT2D eigenvalue weighted by atomic mass is 10.0. The quantitative estimate of drug-likeness (QED) is 0.846. The summed E-state index contributed by atoms with van der Waals surface area (Å²) in [4.78, 5) is 12.4. The highest BCUT2D eigenvalue weighted by Crippen LogP contribution is 2.27. The number of rotatable bonds is 3. The Morgan fingerprint density at radius 2 is 1.47 bits per heavy atom. The fourth-order valence-electron chi connectivity index (χ4n) is 1.72. The van der Waals surface area contributed by atoms with Crippen molar-refractivity contribution < 1.29 is 9.47 Å². The Bertz CT molecular complexity index is 592. The lowest BCUT2D eigenvalue weighted by Gasteiger charge is -2.11. The van der Waals surface area contributed by atoms with Crippen LogP contribution in [-0.4, -0.2) is 29.2 Å². The van der Waals surface area contributed by atoms with Gasteiger partial charge in [0.15, 0.2) is 5.82 Å². The molecule has 100 valence electrons. The Kier molecular flexibility index (Phi) is 3.50. The molecule has 1 aromatic heterocycles. The van der Waals surface area contributed by atoms with Crippen molar-refractivity contribution in [1.29, 1.82) is 0 Å². The number of anilines is 1. The van der Waals surface area contributed by atoms with E-state index < -0.39 is 0 Å². The molecule has 0 amide bonds.